The van der Waals surface area contributed by atoms with E-state index < -0.39 is 0 Å². The molecule has 0 aliphatic heterocycles. The molecule has 0 radical (unpaired) electrons. The number of allylic oxidation sites excluding steroid dienone is 1. The lowest BCUT2D eigenvalue weighted by molar-refractivity contribution is -0.113. The van der Waals surface area contributed by atoms with E-state index in [1.807, 2.05) is 16.7 Å². The first-order valence-corrected chi connectivity index (χ1v) is 10.3. The van der Waals surface area contributed by atoms with Gasteiger partial charge in [-0.2, -0.15) is 0 Å². The van der Waals surface area contributed by atoms with Crippen molar-refractivity contribution in [3.8, 4) is 11.4 Å². The van der Waals surface area contributed by atoms with Crippen LogP contribution in [0.5, 0.6) is 0 Å². The van der Waals surface area contributed by atoms with Gasteiger partial charge in [0.1, 0.15) is 0 Å². The quantitative estimate of drug-likeness (QED) is 0.361. The minimum absolute atomic E-state index is 0.138. The molecular weight excluding hydrogens is 439 g/mol. The summed E-state index contributed by atoms with van der Waals surface area (Å²) in [5.41, 5.74) is 1.34. The van der Waals surface area contributed by atoms with Gasteiger partial charge in [0, 0.05) is 22.2 Å². The second-order valence-corrected chi connectivity index (χ2v) is 7.90. The highest BCUT2D eigenvalue weighted by atomic mass is 35.5. The molecule has 0 atom stereocenters. The number of carbonyl (C=O) groups excluding carboxylic acids is 1. The van der Waals surface area contributed by atoms with E-state index in [9.17, 15) is 4.79 Å². The second kappa shape index (κ2) is 9.47. The molecule has 0 aliphatic rings. The van der Waals surface area contributed by atoms with Crippen LogP contribution < -0.4 is 5.32 Å². The predicted molar refractivity (Wildman–Crippen MR) is 116 cm³/mol. The number of thioether (sulfide) groups is 1. The minimum Gasteiger partial charge on any atom is -0.324 e. The van der Waals surface area contributed by atoms with E-state index in [1.165, 1.54) is 11.8 Å². The first kappa shape index (κ1) is 20.7. The Morgan fingerprint density at radius 1 is 1.11 bits per heavy atom. The summed E-state index contributed by atoms with van der Waals surface area (Å²) >= 11 is 19.2. The zero-order chi connectivity index (χ0) is 20.1. The fourth-order valence-corrected chi connectivity index (χ4v) is 3.62. The Morgan fingerprint density at radius 2 is 1.82 bits per heavy atom. The van der Waals surface area contributed by atoms with Crippen molar-refractivity contribution in [2.24, 2.45) is 0 Å². The molecule has 28 heavy (non-hydrogen) atoms. The highest BCUT2D eigenvalue weighted by Gasteiger charge is 2.15. The van der Waals surface area contributed by atoms with Gasteiger partial charge in [0.25, 0.3) is 0 Å². The van der Waals surface area contributed by atoms with E-state index in [-0.39, 0.29) is 11.7 Å². The summed E-state index contributed by atoms with van der Waals surface area (Å²) in [4.78, 5) is 12.3. The third-order valence-electron chi connectivity index (χ3n) is 3.67. The lowest BCUT2D eigenvalue weighted by atomic mass is 10.2. The maximum Gasteiger partial charge on any atom is 0.234 e. The topological polar surface area (TPSA) is 59.8 Å². The molecule has 5 nitrogen and oxygen atoms in total. The van der Waals surface area contributed by atoms with Crippen LogP contribution in [0.3, 0.4) is 0 Å². The molecule has 2 aromatic carbocycles. The van der Waals surface area contributed by atoms with Crippen LogP contribution in [-0.4, -0.2) is 26.4 Å². The van der Waals surface area contributed by atoms with Gasteiger partial charge in [-0.25, -0.2) is 0 Å². The minimum atomic E-state index is -0.227. The second-order valence-electron chi connectivity index (χ2n) is 5.67. The summed E-state index contributed by atoms with van der Waals surface area (Å²) in [6.07, 6.45) is 1.75. The summed E-state index contributed by atoms with van der Waals surface area (Å²) in [6, 6.07) is 12.2. The zero-order valence-corrected chi connectivity index (χ0v) is 17.6. The SMILES string of the molecule is C=CCn1c(SCC(=O)Nc2cc(Cl)ccc2Cl)nnc1-c1ccc(Cl)cc1. The summed E-state index contributed by atoms with van der Waals surface area (Å²) in [5.74, 6) is 0.589. The van der Waals surface area contributed by atoms with Crippen LogP contribution in [0.15, 0.2) is 60.3 Å². The molecule has 1 heterocycles. The molecule has 1 aromatic heterocycles. The van der Waals surface area contributed by atoms with E-state index >= 15 is 0 Å². The molecule has 0 fully saturated rings. The van der Waals surface area contributed by atoms with E-state index in [0.717, 1.165) is 5.56 Å². The molecule has 144 valence electrons. The fraction of sp³-hybridized carbons (Fsp3) is 0.105. The van der Waals surface area contributed by atoms with Gasteiger partial charge < -0.3 is 5.32 Å². The zero-order valence-electron chi connectivity index (χ0n) is 14.5. The van der Waals surface area contributed by atoms with Crippen LogP contribution in [0.4, 0.5) is 5.69 Å². The molecule has 1 N–H and O–H groups in total. The molecule has 9 heteroatoms. The summed E-state index contributed by atoms with van der Waals surface area (Å²) in [6.45, 7) is 4.29. The van der Waals surface area contributed by atoms with Crippen molar-refractivity contribution in [2.75, 3.05) is 11.1 Å². The first-order chi connectivity index (χ1) is 13.5. The number of benzene rings is 2. The summed E-state index contributed by atoms with van der Waals surface area (Å²) < 4.78 is 1.89. The van der Waals surface area contributed by atoms with Crippen molar-refractivity contribution in [3.05, 3.63) is 70.2 Å². The molecule has 0 aliphatic carbocycles. The average molecular weight is 454 g/mol. The average Bonchev–Trinajstić information content (AvgIpc) is 3.07. The number of halogens is 3. The maximum atomic E-state index is 12.3. The molecule has 0 unspecified atom stereocenters. The molecule has 3 rings (SSSR count). The monoisotopic (exact) mass is 452 g/mol. The van der Waals surface area contributed by atoms with Gasteiger partial charge in [0.2, 0.25) is 5.91 Å². The maximum absolute atomic E-state index is 12.3. The summed E-state index contributed by atoms with van der Waals surface area (Å²) in [5, 5.41) is 13.4. The van der Waals surface area contributed by atoms with Crippen LogP contribution in [0.1, 0.15) is 0 Å². The Bertz CT molecular complexity index is 1000. The van der Waals surface area contributed by atoms with Gasteiger partial charge in [-0.15, -0.1) is 16.8 Å². The third kappa shape index (κ3) is 5.08. The number of nitrogens with one attached hydrogen (secondary N) is 1. The smallest absolute Gasteiger partial charge is 0.234 e. The van der Waals surface area contributed by atoms with Crippen molar-refractivity contribution < 1.29 is 4.79 Å². The molecule has 0 bridgehead atoms. The van der Waals surface area contributed by atoms with E-state index in [0.29, 0.717) is 38.3 Å². The van der Waals surface area contributed by atoms with Gasteiger partial charge in [-0.05, 0) is 42.5 Å². The van der Waals surface area contributed by atoms with Crippen LogP contribution in [0.2, 0.25) is 15.1 Å². The van der Waals surface area contributed by atoms with Crippen LogP contribution in [-0.2, 0) is 11.3 Å². The molecule has 0 spiro atoms. The Hall–Kier alpha value is -1.99. The first-order valence-electron chi connectivity index (χ1n) is 8.15. The number of hydrogen-bond acceptors (Lipinski definition) is 4. The standard InChI is InChI=1S/C19H15Cl3N4OS/c1-2-9-26-18(12-3-5-13(20)6-4-12)24-25-19(26)28-11-17(27)23-16-10-14(21)7-8-15(16)22/h2-8,10H,1,9,11H2,(H,23,27). The largest absolute Gasteiger partial charge is 0.324 e. The van der Waals surface area contributed by atoms with Gasteiger partial charge in [0.05, 0.1) is 16.5 Å². The van der Waals surface area contributed by atoms with Crippen molar-refractivity contribution >= 4 is 58.2 Å². The highest BCUT2D eigenvalue weighted by molar-refractivity contribution is 7.99. The van der Waals surface area contributed by atoms with Crippen LogP contribution >= 0.6 is 46.6 Å². The molecule has 0 saturated heterocycles. The molecule has 1 amide bonds. The molecule has 0 saturated carbocycles. The number of rotatable bonds is 7. The number of anilines is 1. The number of carbonyl (C=O) groups is 1. The molecule has 3 aromatic rings. The van der Waals surface area contributed by atoms with E-state index in [2.05, 4.69) is 22.1 Å². The van der Waals surface area contributed by atoms with Crippen LogP contribution in [0.25, 0.3) is 11.4 Å². The van der Waals surface area contributed by atoms with Gasteiger partial charge in [0.15, 0.2) is 11.0 Å². The molecular formula is C19H15Cl3N4OS. The number of nitrogens with zero attached hydrogens (tertiary/aromatic N) is 3. The van der Waals surface area contributed by atoms with Crippen molar-refractivity contribution in [1.29, 1.82) is 0 Å². The lowest BCUT2D eigenvalue weighted by Gasteiger charge is -2.09. The van der Waals surface area contributed by atoms with Crippen molar-refractivity contribution in [1.82, 2.24) is 14.8 Å². The Labute approximate surface area is 181 Å². The van der Waals surface area contributed by atoms with Gasteiger partial charge >= 0.3 is 0 Å². The van der Waals surface area contributed by atoms with Crippen molar-refractivity contribution in [3.63, 3.8) is 0 Å². The van der Waals surface area contributed by atoms with E-state index in [4.69, 9.17) is 34.8 Å². The number of hydrogen-bond donors (Lipinski definition) is 1. The Morgan fingerprint density at radius 3 is 2.54 bits per heavy atom. The van der Waals surface area contributed by atoms with Gasteiger partial charge in [-0.3, -0.25) is 9.36 Å². The third-order valence-corrected chi connectivity index (χ3v) is 5.45. The normalized spacial score (nSPS) is 10.7. The van der Waals surface area contributed by atoms with Crippen LogP contribution in [0, 0.1) is 0 Å². The van der Waals surface area contributed by atoms with E-state index in [1.54, 1.807) is 36.4 Å². The summed E-state index contributed by atoms with van der Waals surface area (Å²) in [7, 11) is 0. The number of aromatic nitrogens is 3. The predicted octanol–water partition coefficient (Wildman–Crippen LogP) is 5.82. The number of amides is 1. The highest BCUT2D eigenvalue weighted by Crippen LogP contribution is 2.27. The lowest BCUT2D eigenvalue weighted by Crippen LogP contribution is -2.15. The van der Waals surface area contributed by atoms with Gasteiger partial charge in [-0.1, -0.05) is 52.6 Å². The fourth-order valence-electron chi connectivity index (χ4n) is 2.41. The Kier molecular flexibility index (Phi) is 7.02. The Balaban J connectivity index is 1.73. The van der Waals surface area contributed by atoms with Crippen molar-refractivity contribution in [2.45, 2.75) is 11.7 Å².